The smallest absolute Gasteiger partial charge is 0.123 e. The Hall–Kier alpha value is -0.540. The summed E-state index contributed by atoms with van der Waals surface area (Å²) in [6.45, 7) is 4.10. The molecule has 3 heteroatoms. The van der Waals surface area contributed by atoms with Crippen LogP contribution < -0.4 is 5.73 Å². The Balaban J connectivity index is 2.46. The Kier molecular flexibility index (Phi) is 5.85. The molecule has 0 aliphatic carbocycles. The Bertz CT molecular complexity index is 328. The molecule has 0 bridgehead atoms. The second-order valence-corrected chi connectivity index (χ2v) is 5.26. The van der Waals surface area contributed by atoms with E-state index in [1.807, 2.05) is 24.8 Å². The van der Waals surface area contributed by atoms with E-state index in [4.69, 9.17) is 5.73 Å². The molecule has 0 fully saturated rings. The lowest BCUT2D eigenvalue weighted by Gasteiger charge is -2.13. The van der Waals surface area contributed by atoms with Gasteiger partial charge in [0.05, 0.1) is 0 Å². The van der Waals surface area contributed by atoms with Crippen molar-refractivity contribution < 1.29 is 4.39 Å². The third-order valence-corrected chi connectivity index (χ3v) is 3.83. The first-order valence-corrected chi connectivity index (χ1v) is 6.87. The maximum atomic E-state index is 12.9. The molecule has 90 valence electrons. The second kappa shape index (κ2) is 6.92. The Labute approximate surface area is 102 Å². The highest BCUT2D eigenvalue weighted by molar-refractivity contribution is 7.99. The maximum Gasteiger partial charge on any atom is 0.123 e. The van der Waals surface area contributed by atoms with Gasteiger partial charge in [-0.2, -0.15) is 11.8 Å². The highest BCUT2D eigenvalue weighted by Crippen LogP contribution is 2.13. The fourth-order valence-corrected chi connectivity index (χ4v) is 2.48. The van der Waals surface area contributed by atoms with E-state index in [-0.39, 0.29) is 11.9 Å². The van der Waals surface area contributed by atoms with Crippen LogP contribution in [0.1, 0.15) is 24.5 Å². The minimum absolute atomic E-state index is 0.167. The number of thioether (sulfide) groups is 1. The average Bonchev–Trinajstić information content (AvgIpc) is 2.23. The number of hydrogen-bond acceptors (Lipinski definition) is 2. The topological polar surface area (TPSA) is 26.0 Å². The molecule has 1 aromatic rings. The van der Waals surface area contributed by atoms with Crippen LogP contribution in [0.25, 0.3) is 0 Å². The summed E-state index contributed by atoms with van der Waals surface area (Å²) in [6, 6.07) is 5.09. The van der Waals surface area contributed by atoms with E-state index in [1.54, 1.807) is 6.07 Å². The zero-order chi connectivity index (χ0) is 12.0. The van der Waals surface area contributed by atoms with Crippen molar-refractivity contribution in [3.8, 4) is 0 Å². The number of rotatable bonds is 6. The van der Waals surface area contributed by atoms with Crippen molar-refractivity contribution in [3.63, 3.8) is 0 Å². The Morgan fingerprint density at radius 3 is 2.81 bits per heavy atom. The second-order valence-electron chi connectivity index (χ2n) is 4.11. The summed E-state index contributed by atoms with van der Waals surface area (Å²) in [5.41, 5.74) is 8.19. The molecule has 1 nitrogen and oxygen atoms in total. The van der Waals surface area contributed by atoms with Crippen molar-refractivity contribution in [2.75, 3.05) is 11.5 Å². The van der Waals surface area contributed by atoms with Gasteiger partial charge in [-0.05, 0) is 48.8 Å². The molecule has 16 heavy (non-hydrogen) atoms. The first-order valence-electron chi connectivity index (χ1n) is 5.71. The van der Waals surface area contributed by atoms with Gasteiger partial charge < -0.3 is 5.73 Å². The normalized spacial score (nSPS) is 12.8. The van der Waals surface area contributed by atoms with Gasteiger partial charge >= 0.3 is 0 Å². The molecule has 0 aliphatic rings. The van der Waals surface area contributed by atoms with E-state index in [9.17, 15) is 4.39 Å². The van der Waals surface area contributed by atoms with Gasteiger partial charge in [0.1, 0.15) is 5.82 Å². The van der Waals surface area contributed by atoms with E-state index in [0.29, 0.717) is 0 Å². The molecule has 0 aromatic heterocycles. The van der Waals surface area contributed by atoms with Gasteiger partial charge in [-0.3, -0.25) is 0 Å². The lowest BCUT2D eigenvalue weighted by Crippen LogP contribution is -2.26. The van der Waals surface area contributed by atoms with Crippen LogP contribution in [0.5, 0.6) is 0 Å². The first-order chi connectivity index (χ1) is 7.63. The molecule has 0 spiro atoms. The first kappa shape index (κ1) is 13.5. The predicted molar refractivity (Wildman–Crippen MR) is 70.4 cm³/mol. The van der Waals surface area contributed by atoms with Crippen molar-refractivity contribution in [2.24, 2.45) is 5.73 Å². The number of halogens is 1. The summed E-state index contributed by atoms with van der Waals surface area (Å²) in [5.74, 6) is 1.97. The lowest BCUT2D eigenvalue weighted by molar-refractivity contribution is 0.624. The molecule has 0 radical (unpaired) electrons. The SMILES string of the molecule is CCCSCC(N)Cc1ccc(F)cc1C. The molecule has 2 N–H and O–H groups in total. The zero-order valence-electron chi connectivity index (χ0n) is 10.0. The summed E-state index contributed by atoms with van der Waals surface area (Å²) in [6.07, 6.45) is 2.02. The van der Waals surface area contributed by atoms with Gasteiger partial charge in [0, 0.05) is 11.8 Å². The average molecular weight is 241 g/mol. The summed E-state index contributed by atoms with van der Waals surface area (Å²) in [5, 5.41) is 0. The third kappa shape index (κ3) is 4.54. The quantitative estimate of drug-likeness (QED) is 0.774. The van der Waals surface area contributed by atoms with Gasteiger partial charge in [0.25, 0.3) is 0 Å². The van der Waals surface area contributed by atoms with E-state index in [0.717, 1.165) is 29.1 Å². The largest absolute Gasteiger partial charge is 0.327 e. The number of hydrogen-bond donors (Lipinski definition) is 1. The van der Waals surface area contributed by atoms with Crippen LogP contribution in [0, 0.1) is 12.7 Å². The molecule has 1 unspecified atom stereocenters. The summed E-state index contributed by atoms with van der Waals surface area (Å²) >= 11 is 1.89. The predicted octanol–water partition coefficient (Wildman–Crippen LogP) is 3.15. The summed E-state index contributed by atoms with van der Waals surface area (Å²) in [7, 11) is 0. The number of aryl methyl sites for hydroxylation is 1. The number of benzene rings is 1. The molecule has 0 saturated carbocycles. The van der Waals surface area contributed by atoms with Gasteiger partial charge in [-0.25, -0.2) is 4.39 Å². The fourth-order valence-electron chi connectivity index (χ4n) is 1.61. The van der Waals surface area contributed by atoms with Crippen molar-refractivity contribution in [2.45, 2.75) is 32.7 Å². The van der Waals surface area contributed by atoms with Crippen molar-refractivity contribution >= 4 is 11.8 Å². The molecular weight excluding hydrogens is 221 g/mol. The van der Waals surface area contributed by atoms with Gasteiger partial charge in [0.15, 0.2) is 0 Å². The molecule has 0 amide bonds. The summed E-state index contributed by atoms with van der Waals surface area (Å²) in [4.78, 5) is 0. The standard InChI is InChI=1S/C13H20FNS/c1-3-6-16-9-13(15)8-11-4-5-12(14)7-10(11)2/h4-5,7,13H,3,6,8-9,15H2,1-2H3. The minimum atomic E-state index is -0.171. The fraction of sp³-hybridized carbons (Fsp3) is 0.538. The highest BCUT2D eigenvalue weighted by atomic mass is 32.2. The molecule has 1 atom stereocenters. The van der Waals surface area contributed by atoms with Gasteiger partial charge in [0.2, 0.25) is 0 Å². The van der Waals surface area contributed by atoms with Crippen LogP contribution in [0.2, 0.25) is 0 Å². The van der Waals surface area contributed by atoms with E-state index in [1.165, 1.54) is 12.5 Å². The van der Waals surface area contributed by atoms with Crippen LogP contribution in [0.15, 0.2) is 18.2 Å². The molecule has 0 saturated heterocycles. The van der Waals surface area contributed by atoms with Crippen LogP contribution >= 0.6 is 11.8 Å². The third-order valence-electron chi connectivity index (χ3n) is 2.47. The molecular formula is C13H20FNS. The van der Waals surface area contributed by atoms with Gasteiger partial charge in [-0.15, -0.1) is 0 Å². The minimum Gasteiger partial charge on any atom is -0.327 e. The van der Waals surface area contributed by atoms with Crippen LogP contribution in [0.4, 0.5) is 4.39 Å². The van der Waals surface area contributed by atoms with E-state index in [2.05, 4.69) is 6.92 Å². The molecule has 1 aromatic carbocycles. The van der Waals surface area contributed by atoms with Crippen molar-refractivity contribution in [1.29, 1.82) is 0 Å². The van der Waals surface area contributed by atoms with Gasteiger partial charge in [-0.1, -0.05) is 13.0 Å². The van der Waals surface area contributed by atoms with Crippen LogP contribution in [-0.2, 0) is 6.42 Å². The van der Waals surface area contributed by atoms with Crippen molar-refractivity contribution in [1.82, 2.24) is 0 Å². The molecule has 0 heterocycles. The Morgan fingerprint density at radius 2 is 2.19 bits per heavy atom. The van der Waals surface area contributed by atoms with E-state index >= 15 is 0 Å². The highest BCUT2D eigenvalue weighted by Gasteiger charge is 2.06. The Morgan fingerprint density at radius 1 is 1.44 bits per heavy atom. The van der Waals surface area contributed by atoms with Crippen LogP contribution in [0.3, 0.4) is 0 Å². The van der Waals surface area contributed by atoms with Crippen molar-refractivity contribution in [3.05, 3.63) is 35.1 Å². The van der Waals surface area contributed by atoms with Crippen LogP contribution in [-0.4, -0.2) is 17.5 Å². The van der Waals surface area contributed by atoms with E-state index < -0.39 is 0 Å². The molecule has 0 aliphatic heterocycles. The number of nitrogens with two attached hydrogens (primary N) is 1. The monoisotopic (exact) mass is 241 g/mol. The summed E-state index contributed by atoms with van der Waals surface area (Å²) < 4.78 is 12.9. The molecule has 1 rings (SSSR count). The lowest BCUT2D eigenvalue weighted by atomic mass is 10.0. The zero-order valence-corrected chi connectivity index (χ0v) is 10.8. The maximum absolute atomic E-state index is 12.9.